The number of hydrogen-bond donors (Lipinski definition) is 1. The van der Waals surface area contributed by atoms with Gasteiger partial charge in [0.1, 0.15) is 0 Å². The van der Waals surface area contributed by atoms with Gasteiger partial charge in [-0.2, -0.15) is 0 Å². The maximum atomic E-state index is 12.3. The van der Waals surface area contributed by atoms with Gasteiger partial charge >= 0.3 is 6.01 Å². The van der Waals surface area contributed by atoms with E-state index in [2.05, 4.69) is 15.5 Å². The van der Waals surface area contributed by atoms with Crippen LogP contribution in [0.4, 0.5) is 6.01 Å². The summed E-state index contributed by atoms with van der Waals surface area (Å²) in [6.45, 7) is 3.19. The molecule has 6 heteroatoms. The van der Waals surface area contributed by atoms with Gasteiger partial charge in [-0.15, -0.1) is 5.10 Å². The van der Waals surface area contributed by atoms with Crippen LogP contribution >= 0.6 is 0 Å². The average Bonchev–Trinajstić information content (AvgIpc) is 3.10. The number of nitrogens with zero attached hydrogens (tertiary/aromatic N) is 3. The number of carbonyl (C=O) groups is 1. The van der Waals surface area contributed by atoms with Crippen LogP contribution in [0.1, 0.15) is 17.9 Å². The van der Waals surface area contributed by atoms with Crippen LogP contribution < -0.4 is 5.32 Å². The molecular formula is C15H18N4O2. The molecule has 6 nitrogen and oxygen atoms in total. The molecule has 1 atom stereocenters. The Morgan fingerprint density at radius 3 is 2.90 bits per heavy atom. The van der Waals surface area contributed by atoms with E-state index in [0.717, 1.165) is 18.5 Å². The van der Waals surface area contributed by atoms with Gasteiger partial charge in [-0.05, 0) is 12.0 Å². The van der Waals surface area contributed by atoms with Crippen molar-refractivity contribution in [3.05, 3.63) is 41.8 Å². The molecule has 0 aliphatic carbocycles. The standard InChI is InChI=1S/C15H18N4O2/c1-11-17-18-15(21-11)16-13-7-8-19(10-13)14(20)9-12-5-3-2-4-6-12/h2-6,13H,7-10H2,1H3,(H,16,18). The largest absolute Gasteiger partial charge is 0.408 e. The monoisotopic (exact) mass is 286 g/mol. The van der Waals surface area contributed by atoms with E-state index >= 15 is 0 Å². The minimum absolute atomic E-state index is 0.159. The molecule has 1 N–H and O–H groups in total. The van der Waals surface area contributed by atoms with Crippen LogP contribution in [-0.2, 0) is 11.2 Å². The zero-order valence-corrected chi connectivity index (χ0v) is 12.0. The van der Waals surface area contributed by atoms with Gasteiger partial charge in [0.15, 0.2) is 0 Å². The first-order valence-corrected chi connectivity index (χ1v) is 7.09. The van der Waals surface area contributed by atoms with Gasteiger partial charge in [0.05, 0.1) is 6.42 Å². The molecule has 1 unspecified atom stereocenters. The molecule has 110 valence electrons. The quantitative estimate of drug-likeness (QED) is 0.925. The number of hydrogen-bond acceptors (Lipinski definition) is 5. The number of anilines is 1. The Morgan fingerprint density at radius 2 is 2.19 bits per heavy atom. The first-order chi connectivity index (χ1) is 10.2. The first kappa shape index (κ1) is 13.6. The predicted molar refractivity (Wildman–Crippen MR) is 77.8 cm³/mol. The fraction of sp³-hybridized carbons (Fsp3) is 0.400. The van der Waals surface area contributed by atoms with Gasteiger partial charge in [0.2, 0.25) is 11.8 Å². The average molecular weight is 286 g/mol. The zero-order valence-electron chi connectivity index (χ0n) is 12.0. The molecule has 21 heavy (non-hydrogen) atoms. The summed E-state index contributed by atoms with van der Waals surface area (Å²) in [5.74, 6) is 0.694. The molecule has 1 aromatic carbocycles. The summed E-state index contributed by atoms with van der Waals surface area (Å²) in [6, 6.07) is 10.4. The van der Waals surface area contributed by atoms with E-state index in [4.69, 9.17) is 4.42 Å². The lowest BCUT2D eigenvalue weighted by Gasteiger charge is -2.16. The van der Waals surface area contributed by atoms with Crippen molar-refractivity contribution in [2.24, 2.45) is 0 Å². The molecule has 1 amide bonds. The van der Waals surface area contributed by atoms with Crippen LogP contribution in [0.3, 0.4) is 0 Å². The highest BCUT2D eigenvalue weighted by Gasteiger charge is 2.27. The summed E-state index contributed by atoms with van der Waals surface area (Å²) >= 11 is 0. The Kier molecular flexibility index (Phi) is 3.85. The van der Waals surface area contributed by atoms with Crippen molar-refractivity contribution in [2.75, 3.05) is 18.4 Å². The second kappa shape index (κ2) is 5.95. The molecule has 1 fully saturated rings. The van der Waals surface area contributed by atoms with Gasteiger partial charge < -0.3 is 14.6 Å². The number of amides is 1. The molecule has 2 heterocycles. The molecular weight excluding hydrogens is 268 g/mol. The number of aromatic nitrogens is 2. The highest BCUT2D eigenvalue weighted by atomic mass is 16.4. The van der Waals surface area contributed by atoms with Gasteiger partial charge in [-0.1, -0.05) is 35.4 Å². The molecule has 1 saturated heterocycles. The second-order valence-corrected chi connectivity index (χ2v) is 5.26. The van der Waals surface area contributed by atoms with E-state index in [1.807, 2.05) is 35.2 Å². The third-order valence-corrected chi connectivity index (χ3v) is 3.59. The Balaban J connectivity index is 1.53. The summed E-state index contributed by atoms with van der Waals surface area (Å²) in [5, 5.41) is 10.9. The highest BCUT2D eigenvalue weighted by Crippen LogP contribution is 2.16. The molecule has 0 radical (unpaired) electrons. The van der Waals surface area contributed by atoms with E-state index in [1.54, 1.807) is 6.92 Å². The molecule has 1 aliphatic rings. The summed E-state index contributed by atoms with van der Waals surface area (Å²) < 4.78 is 5.30. The molecule has 0 bridgehead atoms. The van der Waals surface area contributed by atoms with Crippen LogP contribution in [0.25, 0.3) is 0 Å². The third-order valence-electron chi connectivity index (χ3n) is 3.59. The molecule has 1 aliphatic heterocycles. The van der Waals surface area contributed by atoms with Crippen LogP contribution in [0.2, 0.25) is 0 Å². The van der Waals surface area contributed by atoms with Gasteiger partial charge in [-0.25, -0.2) is 0 Å². The van der Waals surface area contributed by atoms with Crippen molar-refractivity contribution in [3.8, 4) is 0 Å². The summed E-state index contributed by atoms with van der Waals surface area (Å²) in [7, 11) is 0. The van der Waals surface area contributed by atoms with Crippen LogP contribution in [-0.4, -0.2) is 40.1 Å². The van der Waals surface area contributed by atoms with Gasteiger partial charge in [0, 0.05) is 26.1 Å². The van der Waals surface area contributed by atoms with Crippen molar-refractivity contribution in [1.29, 1.82) is 0 Å². The maximum absolute atomic E-state index is 12.3. The molecule has 1 aromatic heterocycles. The number of carbonyl (C=O) groups excluding carboxylic acids is 1. The Labute approximate surface area is 123 Å². The van der Waals surface area contributed by atoms with Crippen LogP contribution in [0.5, 0.6) is 0 Å². The lowest BCUT2D eigenvalue weighted by Crippen LogP contribution is -2.32. The van der Waals surface area contributed by atoms with Gasteiger partial charge in [0.25, 0.3) is 0 Å². The van der Waals surface area contributed by atoms with Gasteiger partial charge in [-0.3, -0.25) is 4.79 Å². The topological polar surface area (TPSA) is 71.3 Å². The van der Waals surface area contributed by atoms with E-state index in [0.29, 0.717) is 24.9 Å². The summed E-state index contributed by atoms with van der Waals surface area (Å²) in [4.78, 5) is 14.1. The minimum atomic E-state index is 0.159. The van der Waals surface area contributed by atoms with Crippen molar-refractivity contribution in [2.45, 2.75) is 25.8 Å². The van der Waals surface area contributed by atoms with Crippen molar-refractivity contribution >= 4 is 11.9 Å². The Bertz CT molecular complexity index is 611. The third kappa shape index (κ3) is 3.39. The molecule has 3 rings (SSSR count). The fourth-order valence-electron chi connectivity index (χ4n) is 2.52. The molecule has 0 spiro atoms. The van der Waals surface area contributed by atoms with E-state index in [-0.39, 0.29) is 11.9 Å². The Morgan fingerprint density at radius 1 is 1.38 bits per heavy atom. The highest BCUT2D eigenvalue weighted by molar-refractivity contribution is 5.79. The number of aryl methyl sites for hydroxylation is 1. The van der Waals surface area contributed by atoms with Crippen LogP contribution in [0.15, 0.2) is 34.7 Å². The summed E-state index contributed by atoms with van der Waals surface area (Å²) in [5.41, 5.74) is 1.05. The van der Waals surface area contributed by atoms with Crippen molar-refractivity contribution in [1.82, 2.24) is 15.1 Å². The van der Waals surface area contributed by atoms with E-state index < -0.39 is 0 Å². The first-order valence-electron chi connectivity index (χ1n) is 7.09. The number of likely N-dealkylation sites (tertiary alicyclic amines) is 1. The second-order valence-electron chi connectivity index (χ2n) is 5.26. The van der Waals surface area contributed by atoms with Crippen molar-refractivity contribution < 1.29 is 9.21 Å². The smallest absolute Gasteiger partial charge is 0.315 e. The maximum Gasteiger partial charge on any atom is 0.315 e. The SMILES string of the molecule is Cc1nnc(NC2CCN(C(=O)Cc3ccccc3)C2)o1. The minimum Gasteiger partial charge on any atom is -0.408 e. The van der Waals surface area contributed by atoms with E-state index in [1.165, 1.54) is 0 Å². The Hall–Kier alpha value is -2.37. The number of nitrogens with one attached hydrogen (secondary N) is 1. The fourth-order valence-corrected chi connectivity index (χ4v) is 2.52. The predicted octanol–water partition coefficient (Wildman–Crippen LogP) is 1.63. The molecule has 0 saturated carbocycles. The normalized spacial score (nSPS) is 18.0. The van der Waals surface area contributed by atoms with Crippen LogP contribution in [0, 0.1) is 6.92 Å². The zero-order chi connectivity index (χ0) is 14.7. The lowest BCUT2D eigenvalue weighted by molar-refractivity contribution is -0.129. The molecule has 2 aromatic rings. The summed E-state index contributed by atoms with van der Waals surface area (Å²) in [6.07, 6.45) is 1.34. The van der Waals surface area contributed by atoms with E-state index in [9.17, 15) is 4.79 Å². The lowest BCUT2D eigenvalue weighted by atomic mass is 10.1. The number of benzene rings is 1. The number of rotatable bonds is 4. The van der Waals surface area contributed by atoms with Crippen molar-refractivity contribution in [3.63, 3.8) is 0 Å².